The monoisotopic (exact) mass is 171 g/mol. The molecule has 0 heterocycles. The number of hydrogen-bond donors (Lipinski definition) is 2. The molecule has 2 atom stereocenters. The zero-order chi connectivity index (χ0) is 8.97. The second-order valence-electron chi connectivity index (χ2n) is 4.17. The fourth-order valence-electron chi connectivity index (χ4n) is 1.48. The molecule has 0 aromatic heterocycles. The molecule has 0 amide bonds. The van der Waals surface area contributed by atoms with Gasteiger partial charge in [-0.15, -0.1) is 0 Å². The van der Waals surface area contributed by atoms with Crippen LogP contribution in [0.5, 0.6) is 0 Å². The molecule has 1 fully saturated rings. The highest BCUT2D eigenvalue weighted by Crippen LogP contribution is 2.33. The van der Waals surface area contributed by atoms with E-state index in [4.69, 9.17) is 5.11 Å². The Morgan fingerprint density at radius 2 is 2.08 bits per heavy atom. The van der Waals surface area contributed by atoms with Crippen molar-refractivity contribution < 1.29 is 5.11 Å². The van der Waals surface area contributed by atoms with Crippen LogP contribution in [-0.4, -0.2) is 23.8 Å². The summed E-state index contributed by atoms with van der Waals surface area (Å²) >= 11 is 0. The third-order valence-electron chi connectivity index (χ3n) is 2.44. The van der Waals surface area contributed by atoms with Crippen molar-refractivity contribution in [1.29, 1.82) is 0 Å². The summed E-state index contributed by atoms with van der Waals surface area (Å²) < 4.78 is 0. The Morgan fingerprint density at radius 3 is 2.58 bits per heavy atom. The largest absolute Gasteiger partial charge is 0.393 e. The standard InChI is InChI=1S/C10H21NO/c1-8(7-10-3-4-10)11-6-5-9(2)12/h8-12H,3-7H2,1-2H3. The van der Waals surface area contributed by atoms with Gasteiger partial charge in [-0.25, -0.2) is 0 Å². The lowest BCUT2D eigenvalue weighted by Gasteiger charge is -2.13. The fraction of sp³-hybridized carbons (Fsp3) is 1.00. The molecule has 0 spiro atoms. The lowest BCUT2D eigenvalue weighted by molar-refractivity contribution is 0.182. The van der Waals surface area contributed by atoms with E-state index >= 15 is 0 Å². The smallest absolute Gasteiger partial charge is 0.0524 e. The second-order valence-corrected chi connectivity index (χ2v) is 4.17. The second kappa shape index (κ2) is 4.83. The molecule has 12 heavy (non-hydrogen) atoms. The minimum atomic E-state index is -0.161. The molecule has 0 aromatic carbocycles. The minimum Gasteiger partial charge on any atom is -0.393 e. The zero-order valence-electron chi connectivity index (χ0n) is 8.21. The molecule has 1 saturated carbocycles. The van der Waals surface area contributed by atoms with E-state index in [1.807, 2.05) is 6.92 Å². The van der Waals surface area contributed by atoms with Crippen LogP contribution < -0.4 is 5.32 Å². The molecule has 0 bridgehead atoms. The van der Waals surface area contributed by atoms with Gasteiger partial charge in [-0.3, -0.25) is 0 Å². The summed E-state index contributed by atoms with van der Waals surface area (Å²) in [6, 6.07) is 0.635. The van der Waals surface area contributed by atoms with Crippen LogP contribution in [-0.2, 0) is 0 Å². The maximum atomic E-state index is 9.02. The van der Waals surface area contributed by atoms with Gasteiger partial charge in [0.05, 0.1) is 6.10 Å². The predicted molar refractivity (Wildman–Crippen MR) is 51.1 cm³/mol. The Morgan fingerprint density at radius 1 is 1.42 bits per heavy atom. The molecule has 0 saturated heterocycles. The predicted octanol–water partition coefficient (Wildman–Crippen LogP) is 1.54. The van der Waals surface area contributed by atoms with Gasteiger partial charge in [-0.1, -0.05) is 12.8 Å². The molecule has 1 aliphatic rings. The maximum Gasteiger partial charge on any atom is 0.0524 e. The van der Waals surface area contributed by atoms with E-state index in [1.165, 1.54) is 19.3 Å². The van der Waals surface area contributed by atoms with Crippen molar-refractivity contribution in [3.63, 3.8) is 0 Å². The third-order valence-corrected chi connectivity index (χ3v) is 2.44. The molecule has 2 N–H and O–H groups in total. The number of hydrogen-bond acceptors (Lipinski definition) is 2. The van der Waals surface area contributed by atoms with Crippen molar-refractivity contribution in [2.45, 2.75) is 51.7 Å². The number of nitrogens with one attached hydrogen (secondary N) is 1. The molecule has 1 aliphatic carbocycles. The van der Waals surface area contributed by atoms with Crippen molar-refractivity contribution in [3.05, 3.63) is 0 Å². The molecule has 0 radical (unpaired) electrons. The molecule has 2 nitrogen and oxygen atoms in total. The van der Waals surface area contributed by atoms with Crippen LogP contribution in [0.1, 0.15) is 39.5 Å². The summed E-state index contributed by atoms with van der Waals surface area (Å²) in [4.78, 5) is 0. The van der Waals surface area contributed by atoms with Gasteiger partial charge in [-0.05, 0) is 39.2 Å². The van der Waals surface area contributed by atoms with Crippen molar-refractivity contribution in [2.24, 2.45) is 5.92 Å². The van der Waals surface area contributed by atoms with Crippen LogP contribution in [0.15, 0.2) is 0 Å². The first-order valence-electron chi connectivity index (χ1n) is 5.10. The van der Waals surface area contributed by atoms with Crippen LogP contribution in [0.25, 0.3) is 0 Å². The van der Waals surface area contributed by atoms with Gasteiger partial charge in [0.25, 0.3) is 0 Å². The molecule has 1 rings (SSSR count). The lowest BCUT2D eigenvalue weighted by atomic mass is 10.1. The summed E-state index contributed by atoms with van der Waals surface area (Å²) in [5.41, 5.74) is 0. The molecule has 2 unspecified atom stereocenters. The van der Waals surface area contributed by atoms with Crippen LogP contribution >= 0.6 is 0 Å². The highest BCUT2D eigenvalue weighted by molar-refractivity contribution is 4.77. The quantitative estimate of drug-likeness (QED) is 0.635. The Kier molecular flexibility index (Phi) is 4.02. The Bertz CT molecular complexity index is 121. The van der Waals surface area contributed by atoms with Gasteiger partial charge in [0.1, 0.15) is 0 Å². The van der Waals surface area contributed by atoms with Crippen molar-refractivity contribution in [1.82, 2.24) is 5.32 Å². The summed E-state index contributed by atoms with van der Waals surface area (Å²) in [7, 11) is 0. The summed E-state index contributed by atoms with van der Waals surface area (Å²) in [6.07, 6.45) is 4.89. The van der Waals surface area contributed by atoms with Crippen molar-refractivity contribution in [3.8, 4) is 0 Å². The van der Waals surface area contributed by atoms with E-state index in [1.54, 1.807) is 0 Å². The number of aliphatic hydroxyl groups is 1. The van der Waals surface area contributed by atoms with Gasteiger partial charge < -0.3 is 10.4 Å². The van der Waals surface area contributed by atoms with Gasteiger partial charge in [0, 0.05) is 6.04 Å². The topological polar surface area (TPSA) is 32.3 Å². The summed E-state index contributed by atoms with van der Waals surface area (Å²) in [5.74, 6) is 0.999. The van der Waals surface area contributed by atoms with Gasteiger partial charge in [-0.2, -0.15) is 0 Å². The van der Waals surface area contributed by atoms with E-state index in [0.29, 0.717) is 6.04 Å². The summed E-state index contributed by atoms with van der Waals surface area (Å²) in [6.45, 7) is 5.03. The number of rotatable bonds is 6. The minimum absolute atomic E-state index is 0.161. The van der Waals surface area contributed by atoms with Crippen LogP contribution in [0.4, 0.5) is 0 Å². The fourth-order valence-corrected chi connectivity index (χ4v) is 1.48. The van der Waals surface area contributed by atoms with E-state index in [2.05, 4.69) is 12.2 Å². The van der Waals surface area contributed by atoms with Crippen LogP contribution in [0, 0.1) is 5.92 Å². The van der Waals surface area contributed by atoms with Crippen molar-refractivity contribution in [2.75, 3.05) is 6.54 Å². The zero-order valence-corrected chi connectivity index (χ0v) is 8.21. The molecular formula is C10H21NO. The van der Waals surface area contributed by atoms with E-state index in [0.717, 1.165) is 18.9 Å². The molecule has 72 valence electrons. The molecule has 0 aromatic rings. The van der Waals surface area contributed by atoms with Gasteiger partial charge in [0.15, 0.2) is 0 Å². The maximum absolute atomic E-state index is 9.02. The Labute approximate surface area is 75.4 Å². The first-order chi connectivity index (χ1) is 5.68. The first kappa shape index (κ1) is 10.0. The number of aliphatic hydroxyl groups excluding tert-OH is 1. The van der Waals surface area contributed by atoms with E-state index < -0.39 is 0 Å². The highest BCUT2D eigenvalue weighted by Gasteiger charge is 2.23. The SMILES string of the molecule is CC(O)CCNC(C)CC1CC1. The van der Waals surface area contributed by atoms with E-state index in [-0.39, 0.29) is 6.10 Å². The Balaban J connectivity index is 1.90. The molecular weight excluding hydrogens is 150 g/mol. The third kappa shape index (κ3) is 4.73. The molecule has 0 aliphatic heterocycles. The molecule has 2 heteroatoms. The van der Waals surface area contributed by atoms with Gasteiger partial charge >= 0.3 is 0 Å². The first-order valence-corrected chi connectivity index (χ1v) is 5.10. The summed E-state index contributed by atoms with van der Waals surface area (Å²) in [5, 5.41) is 12.4. The van der Waals surface area contributed by atoms with Crippen LogP contribution in [0.2, 0.25) is 0 Å². The lowest BCUT2D eigenvalue weighted by Crippen LogP contribution is -2.29. The van der Waals surface area contributed by atoms with Crippen LogP contribution in [0.3, 0.4) is 0 Å². The normalized spacial score (nSPS) is 22.2. The van der Waals surface area contributed by atoms with Gasteiger partial charge in [0.2, 0.25) is 0 Å². The highest BCUT2D eigenvalue weighted by atomic mass is 16.3. The average Bonchev–Trinajstić information content (AvgIpc) is 2.70. The van der Waals surface area contributed by atoms with Crippen molar-refractivity contribution >= 4 is 0 Å². The Hall–Kier alpha value is -0.0800. The average molecular weight is 171 g/mol. The van der Waals surface area contributed by atoms with E-state index in [9.17, 15) is 0 Å².